The van der Waals surface area contributed by atoms with Gasteiger partial charge in [-0.25, -0.2) is 0 Å². The molecule has 0 saturated heterocycles. The Morgan fingerprint density at radius 2 is 2.40 bits per heavy atom. The largest absolute Gasteiger partial charge is 0.330 e. The number of hydrogen-bond acceptors (Lipinski definition) is 2. The summed E-state index contributed by atoms with van der Waals surface area (Å²) in [5.74, 6) is 2.36. The van der Waals surface area contributed by atoms with Crippen LogP contribution >= 0.6 is 23.4 Å². The van der Waals surface area contributed by atoms with E-state index in [1.165, 1.54) is 22.6 Å². The third kappa shape index (κ3) is 2.32. The van der Waals surface area contributed by atoms with Gasteiger partial charge in [0.2, 0.25) is 0 Å². The number of benzene rings is 1. The normalized spacial score (nSPS) is 22.2. The Labute approximate surface area is 100 Å². The lowest BCUT2D eigenvalue weighted by Crippen LogP contribution is -2.22. The standard InChI is InChI=1S/C12H16ClNS/c1-8(7-14)10-4-5-15-12-6-9(13)2-3-11(10)12/h2-3,6,8,10H,4-5,7,14H2,1H3. The molecule has 0 radical (unpaired) electrons. The summed E-state index contributed by atoms with van der Waals surface area (Å²) >= 11 is 7.91. The van der Waals surface area contributed by atoms with Crippen LogP contribution in [-0.4, -0.2) is 12.3 Å². The Hall–Kier alpha value is -0.180. The minimum absolute atomic E-state index is 0.561. The number of halogens is 1. The molecule has 1 nitrogen and oxygen atoms in total. The second-order valence-electron chi connectivity index (χ2n) is 4.14. The van der Waals surface area contributed by atoms with Crippen molar-refractivity contribution in [3.05, 3.63) is 28.8 Å². The molecule has 2 N–H and O–H groups in total. The second-order valence-corrected chi connectivity index (χ2v) is 5.71. The highest BCUT2D eigenvalue weighted by molar-refractivity contribution is 7.99. The summed E-state index contributed by atoms with van der Waals surface area (Å²) in [5, 5.41) is 0.835. The molecule has 0 bridgehead atoms. The highest BCUT2D eigenvalue weighted by atomic mass is 35.5. The molecule has 0 saturated carbocycles. The van der Waals surface area contributed by atoms with E-state index in [4.69, 9.17) is 17.3 Å². The highest BCUT2D eigenvalue weighted by Crippen LogP contribution is 2.41. The maximum Gasteiger partial charge on any atom is 0.0417 e. The molecule has 0 aromatic heterocycles. The fraction of sp³-hybridized carbons (Fsp3) is 0.500. The van der Waals surface area contributed by atoms with Crippen LogP contribution in [0.2, 0.25) is 5.02 Å². The van der Waals surface area contributed by atoms with E-state index >= 15 is 0 Å². The van der Waals surface area contributed by atoms with Crippen molar-refractivity contribution in [1.29, 1.82) is 0 Å². The van der Waals surface area contributed by atoms with Crippen LogP contribution in [0.5, 0.6) is 0 Å². The molecule has 1 aromatic carbocycles. The molecule has 82 valence electrons. The zero-order valence-corrected chi connectivity index (χ0v) is 10.4. The molecule has 1 aliphatic rings. The van der Waals surface area contributed by atoms with E-state index in [-0.39, 0.29) is 0 Å². The average molecular weight is 242 g/mol. The summed E-state index contributed by atoms with van der Waals surface area (Å²) in [6.45, 7) is 3.00. The summed E-state index contributed by atoms with van der Waals surface area (Å²) in [6.07, 6.45) is 1.23. The van der Waals surface area contributed by atoms with E-state index < -0.39 is 0 Å². The molecule has 1 aliphatic heterocycles. The van der Waals surface area contributed by atoms with Gasteiger partial charge in [0.25, 0.3) is 0 Å². The Morgan fingerprint density at radius 3 is 3.13 bits per heavy atom. The first-order valence-corrected chi connectivity index (χ1v) is 6.71. The van der Waals surface area contributed by atoms with Crippen LogP contribution in [0.1, 0.15) is 24.8 Å². The van der Waals surface area contributed by atoms with Crippen LogP contribution in [-0.2, 0) is 0 Å². The molecule has 2 unspecified atom stereocenters. The van der Waals surface area contributed by atoms with Crippen LogP contribution in [0, 0.1) is 5.92 Å². The summed E-state index contributed by atoms with van der Waals surface area (Å²) < 4.78 is 0. The first-order chi connectivity index (χ1) is 7.22. The Kier molecular flexibility index (Phi) is 3.60. The van der Waals surface area contributed by atoms with Crippen LogP contribution < -0.4 is 5.73 Å². The maximum atomic E-state index is 6.00. The first kappa shape index (κ1) is 11.3. The van der Waals surface area contributed by atoms with E-state index in [2.05, 4.69) is 19.1 Å². The van der Waals surface area contributed by atoms with Crippen LogP contribution in [0.15, 0.2) is 23.1 Å². The quantitative estimate of drug-likeness (QED) is 0.858. The van der Waals surface area contributed by atoms with Gasteiger partial charge in [0, 0.05) is 9.92 Å². The van der Waals surface area contributed by atoms with Gasteiger partial charge in [-0.3, -0.25) is 0 Å². The molecule has 0 fully saturated rings. The third-order valence-corrected chi connectivity index (χ3v) is 4.46. The van der Waals surface area contributed by atoms with Gasteiger partial charge in [-0.1, -0.05) is 24.6 Å². The minimum Gasteiger partial charge on any atom is -0.330 e. The predicted octanol–water partition coefficient (Wildman–Crippen LogP) is 3.51. The van der Waals surface area contributed by atoms with Crippen molar-refractivity contribution < 1.29 is 0 Å². The summed E-state index contributed by atoms with van der Waals surface area (Å²) in [6, 6.07) is 6.24. The number of thioether (sulfide) groups is 1. The lowest BCUT2D eigenvalue weighted by Gasteiger charge is -2.29. The highest BCUT2D eigenvalue weighted by Gasteiger charge is 2.24. The van der Waals surface area contributed by atoms with E-state index in [0.717, 1.165) is 11.6 Å². The third-order valence-electron chi connectivity index (χ3n) is 3.12. The zero-order valence-electron chi connectivity index (χ0n) is 8.87. The van der Waals surface area contributed by atoms with Crippen molar-refractivity contribution in [2.45, 2.75) is 24.2 Å². The Morgan fingerprint density at radius 1 is 1.60 bits per heavy atom. The Balaban J connectivity index is 2.34. The van der Waals surface area contributed by atoms with Crippen LogP contribution in [0.4, 0.5) is 0 Å². The minimum atomic E-state index is 0.561. The molecule has 1 aromatic rings. The molecular formula is C12H16ClNS. The van der Waals surface area contributed by atoms with Gasteiger partial charge in [0.15, 0.2) is 0 Å². The van der Waals surface area contributed by atoms with Crippen molar-refractivity contribution in [3.63, 3.8) is 0 Å². The van der Waals surface area contributed by atoms with Gasteiger partial charge >= 0.3 is 0 Å². The number of rotatable bonds is 2. The molecule has 1 heterocycles. The summed E-state index contributed by atoms with van der Waals surface area (Å²) in [7, 11) is 0. The predicted molar refractivity (Wildman–Crippen MR) is 67.8 cm³/mol. The van der Waals surface area contributed by atoms with E-state index in [1.807, 2.05) is 17.8 Å². The molecule has 2 atom stereocenters. The summed E-state index contributed by atoms with van der Waals surface area (Å²) in [5.41, 5.74) is 7.20. The molecule has 2 rings (SSSR count). The van der Waals surface area contributed by atoms with Crippen molar-refractivity contribution >= 4 is 23.4 Å². The Bertz CT molecular complexity index is 353. The maximum absolute atomic E-state index is 6.00. The van der Waals surface area contributed by atoms with Crippen LogP contribution in [0.3, 0.4) is 0 Å². The van der Waals surface area contributed by atoms with Gasteiger partial charge in [-0.05, 0) is 48.3 Å². The fourth-order valence-electron chi connectivity index (χ4n) is 2.15. The van der Waals surface area contributed by atoms with Gasteiger partial charge in [0.05, 0.1) is 0 Å². The molecular weight excluding hydrogens is 226 g/mol. The first-order valence-electron chi connectivity index (χ1n) is 5.34. The second kappa shape index (κ2) is 4.77. The smallest absolute Gasteiger partial charge is 0.0417 e. The van der Waals surface area contributed by atoms with E-state index in [9.17, 15) is 0 Å². The van der Waals surface area contributed by atoms with Crippen molar-refractivity contribution in [1.82, 2.24) is 0 Å². The molecule has 15 heavy (non-hydrogen) atoms. The topological polar surface area (TPSA) is 26.0 Å². The SMILES string of the molecule is CC(CN)C1CCSc2cc(Cl)ccc21. The molecule has 0 aliphatic carbocycles. The van der Waals surface area contributed by atoms with Crippen molar-refractivity contribution in [2.75, 3.05) is 12.3 Å². The van der Waals surface area contributed by atoms with Crippen LogP contribution in [0.25, 0.3) is 0 Å². The van der Waals surface area contributed by atoms with Gasteiger partial charge < -0.3 is 5.73 Å². The van der Waals surface area contributed by atoms with E-state index in [0.29, 0.717) is 11.8 Å². The monoisotopic (exact) mass is 241 g/mol. The molecule has 3 heteroatoms. The molecule has 0 spiro atoms. The zero-order chi connectivity index (χ0) is 10.8. The van der Waals surface area contributed by atoms with Gasteiger partial charge in [0.1, 0.15) is 0 Å². The summed E-state index contributed by atoms with van der Waals surface area (Å²) in [4.78, 5) is 1.35. The lowest BCUT2D eigenvalue weighted by atomic mass is 9.85. The average Bonchev–Trinajstić information content (AvgIpc) is 2.26. The van der Waals surface area contributed by atoms with Crippen molar-refractivity contribution in [3.8, 4) is 0 Å². The van der Waals surface area contributed by atoms with Gasteiger partial charge in [-0.15, -0.1) is 11.8 Å². The van der Waals surface area contributed by atoms with Crippen molar-refractivity contribution in [2.24, 2.45) is 11.7 Å². The number of nitrogens with two attached hydrogens (primary N) is 1. The molecule has 0 amide bonds. The van der Waals surface area contributed by atoms with Gasteiger partial charge in [-0.2, -0.15) is 0 Å². The van der Waals surface area contributed by atoms with E-state index in [1.54, 1.807) is 0 Å². The lowest BCUT2D eigenvalue weighted by molar-refractivity contribution is 0.450. The fourth-order valence-corrected chi connectivity index (χ4v) is 3.57. The number of fused-ring (bicyclic) bond motifs is 1. The number of hydrogen-bond donors (Lipinski definition) is 1.